The van der Waals surface area contributed by atoms with Gasteiger partial charge >= 0.3 is 17.7 Å². The lowest BCUT2D eigenvalue weighted by Crippen LogP contribution is -2.59. The predicted octanol–water partition coefficient (Wildman–Crippen LogP) is 6.16. The van der Waals surface area contributed by atoms with E-state index in [-0.39, 0.29) is 41.5 Å². The van der Waals surface area contributed by atoms with Crippen molar-refractivity contribution in [3.05, 3.63) is 11.6 Å². The molecule has 5 rings (SSSR count). The first-order valence-electron chi connectivity index (χ1n) is 16.6. The Bertz CT molecular complexity index is 1200. The third-order valence-corrected chi connectivity index (χ3v) is 12.4. The van der Waals surface area contributed by atoms with Crippen LogP contribution in [0.1, 0.15) is 113 Å². The highest BCUT2D eigenvalue weighted by Crippen LogP contribution is 2.68. The van der Waals surface area contributed by atoms with Gasteiger partial charge in [0.15, 0.2) is 0 Å². The van der Waals surface area contributed by atoms with Crippen molar-refractivity contribution in [2.75, 3.05) is 6.61 Å². The highest BCUT2D eigenvalue weighted by atomic mass is 16.7. The van der Waals surface area contributed by atoms with Crippen LogP contribution < -0.4 is 0 Å². The highest BCUT2D eigenvalue weighted by molar-refractivity contribution is 5.93. The van der Waals surface area contributed by atoms with Crippen LogP contribution in [0.3, 0.4) is 0 Å². The fourth-order valence-corrected chi connectivity index (χ4v) is 10.1. The van der Waals surface area contributed by atoms with Gasteiger partial charge in [0, 0.05) is 33.3 Å². The molecule has 0 spiro atoms. The van der Waals surface area contributed by atoms with E-state index in [9.17, 15) is 19.5 Å². The van der Waals surface area contributed by atoms with E-state index >= 15 is 0 Å². The third kappa shape index (κ3) is 5.72. The van der Waals surface area contributed by atoms with Crippen LogP contribution in [-0.2, 0) is 28.6 Å². The molecule has 1 aliphatic heterocycles. The molecule has 43 heavy (non-hydrogen) atoms. The number of Topliss-reactive ketones (excluding diaryl/α,β-unsaturated/α-hetero) is 1. The number of carbonyl (C=O) groups excluding carboxylic acids is 3. The zero-order chi connectivity index (χ0) is 31.4. The number of hydrogen-bond acceptors (Lipinski definition) is 7. The van der Waals surface area contributed by atoms with E-state index < -0.39 is 29.2 Å². The lowest BCUT2D eigenvalue weighted by Gasteiger charge is -2.59. The topological polar surface area (TPSA) is 99.1 Å². The minimum absolute atomic E-state index is 0.0558. The number of allylic oxidation sites excluding steroid dienone is 2. The number of ketones is 1. The zero-order valence-electron chi connectivity index (χ0n) is 27.3. The van der Waals surface area contributed by atoms with E-state index in [1.54, 1.807) is 0 Å². The number of hydrogen-bond donors (Lipinski definition) is 1. The van der Waals surface area contributed by atoms with Gasteiger partial charge in [0.2, 0.25) is 5.78 Å². The number of aliphatic hydroxyl groups is 1. The molecule has 0 aromatic rings. The Labute approximate surface area is 257 Å². The summed E-state index contributed by atoms with van der Waals surface area (Å²) < 4.78 is 17.1. The Morgan fingerprint density at radius 3 is 2.40 bits per heavy atom. The molecule has 0 radical (unpaired) electrons. The lowest BCUT2D eigenvalue weighted by atomic mass is 9.46. The monoisotopic (exact) mass is 596 g/mol. The van der Waals surface area contributed by atoms with Crippen LogP contribution in [-0.4, -0.2) is 47.4 Å². The summed E-state index contributed by atoms with van der Waals surface area (Å²) >= 11 is 0. The van der Waals surface area contributed by atoms with Crippen molar-refractivity contribution in [3.8, 4) is 11.8 Å². The van der Waals surface area contributed by atoms with Gasteiger partial charge in [-0.25, -0.2) is 0 Å². The minimum Gasteiger partial charge on any atom is -0.415 e. The van der Waals surface area contributed by atoms with Crippen molar-refractivity contribution < 1.29 is 33.7 Å². The van der Waals surface area contributed by atoms with Gasteiger partial charge in [-0.1, -0.05) is 44.3 Å². The standard InChI is InChI=1S/C36H52O7/c1-22(30(39)16-17-33(4,5)32-10-8-9-19-41-32)27-13-14-28-26-12-11-25-20-31(40)36(42-23(2)37,43-24(3)38)21-35(25,7)29(26)15-18-34(27,28)6/h11,22,26-30,32,39H,8-10,12-15,18-21H2,1-7H3/t22-,26-,27+,28-,29-,30?,32?,34+,35-/m0/s1. The van der Waals surface area contributed by atoms with Gasteiger partial charge in [0.1, 0.15) is 6.10 Å². The molecule has 7 nitrogen and oxygen atoms in total. The van der Waals surface area contributed by atoms with Gasteiger partial charge in [-0.05, 0) is 106 Å². The van der Waals surface area contributed by atoms with Gasteiger partial charge in [0.05, 0.1) is 11.5 Å². The Balaban J connectivity index is 1.35. The Hall–Kier alpha value is -2.17. The van der Waals surface area contributed by atoms with E-state index in [1.807, 2.05) is 0 Å². The molecule has 238 valence electrons. The summed E-state index contributed by atoms with van der Waals surface area (Å²) in [6.07, 6.45) is 10.4. The van der Waals surface area contributed by atoms with Gasteiger partial charge < -0.3 is 19.3 Å². The number of esters is 2. The molecule has 1 N–H and O–H groups in total. The van der Waals surface area contributed by atoms with Crippen LogP contribution >= 0.6 is 0 Å². The van der Waals surface area contributed by atoms with Gasteiger partial charge in [0.25, 0.3) is 0 Å². The second-order valence-electron chi connectivity index (χ2n) is 15.4. The summed E-state index contributed by atoms with van der Waals surface area (Å²) in [7, 11) is 0. The van der Waals surface area contributed by atoms with Crippen molar-refractivity contribution in [1.82, 2.24) is 0 Å². The van der Waals surface area contributed by atoms with Gasteiger partial charge in [-0.2, -0.15) is 0 Å². The molecule has 4 fully saturated rings. The van der Waals surface area contributed by atoms with Crippen molar-refractivity contribution in [2.45, 2.75) is 131 Å². The predicted molar refractivity (Wildman–Crippen MR) is 162 cm³/mol. The van der Waals surface area contributed by atoms with Crippen molar-refractivity contribution >= 4 is 17.7 Å². The van der Waals surface area contributed by atoms with E-state index in [2.05, 4.69) is 52.5 Å². The highest BCUT2D eigenvalue weighted by Gasteiger charge is 2.64. The molecule has 9 atom stereocenters. The maximum absolute atomic E-state index is 13.3. The summed E-state index contributed by atoms with van der Waals surface area (Å²) in [6, 6.07) is 0. The number of ether oxygens (including phenoxy) is 3. The van der Waals surface area contributed by atoms with Crippen LogP contribution in [0.25, 0.3) is 0 Å². The Morgan fingerprint density at radius 1 is 1.07 bits per heavy atom. The lowest BCUT2D eigenvalue weighted by molar-refractivity contribution is -0.238. The molecule has 2 unspecified atom stereocenters. The molecule has 3 saturated carbocycles. The van der Waals surface area contributed by atoms with E-state index in [0.29, 0.717) is 23.7 Å². The molecule has 0 aromatic heterocycles. The number of aliphatic hydroxyl groups excluding tert-OH is 1. The summed E-state index contributed by atoms with van der Waals surface area (Å²) in [5.74, 6) is 4.79. The summed E-state index contributed by atoms with van der Waals surface area (Å²) in [6.45, 7) is 14.3. The van der Waals surface area contributed by atoms with Gasteiger partial charge in [-0.3, -0.25) is 14.4 Å². The van der Waals surface area contributed by atoms with Crippen molar-refractivity contribution in [3.63, 3.8) is 0 Å². The molecule has 5 aliphatic rings. The molecule has 1 saturated heterocycles. The van der Waals surface area contributed by atoms with E-state index in [4.69, 9.17) is 14.2 Å². The molecule has 0 aromatic carbocycles. The van der Waals surface area contributed by atoms with Crippen LogP contribution in [0.4, 0.5) is 0 Å². The Morgan fingerprint density at radius 2 is 1.77 bits per heavy atom. The second-order valence-corrected chi connectivity index (χ2v) is 15.4. The smallest absolute Gasteiger partial charge is 0.317 e. The first-order chi connectivity index (χ1) is 20.1. The van der Waals surface area contributed by atoms with Crippen LogP contribution in [0.15, 0.2) is 11.6 Å². The average molecular weight is 597 g/mol. The quantitative estimate of drug-likeness (QED) is 0.176. The van der Waals surface area contributed by atoms with Gasteiger partial charge in [-0.15, -0.1) is 0 Å². The number of carbonyl (C=O) groups is 3. The second kappa shape index (κ2) is 11.6. The summed E-state index contributed by atoms with van der Waals surface area (Å²) in [4.78, 5) is 37.5. The molecule has 7 heteroatoms. The van der Waals surface area contributed by atoms with E-state index in [1.165, 1.54) is 20.3 Å². The molecule has 0 amide bonds. The van der Waals surface area contributed by atoms with Crippen LogP contribution in [0, 0.1) is 57.7 Å². The zero-order valence-corrected chi connectivity index (χ0v) is 27.3. The van der Waals surface area contributed by atoms with Crippen molar-refractivity contribution in [1.29, 1.82) is 0 Å². The maximum atomic E-state index is 13.3. The molecular weight excluding hydrogens is 544 g/mol. The summed E-state index contributed by atoms with van der Waals surface area (Å²) in [5.41, 5.74) is 0.470. The SMILES string of the molecule is CC(=O)OC1(OC(C)=O)C[C@@]2(C)C(=CC[C@H]3[C@@H]4CC[C@H]([C@H](C)C(O)C#CC(C)(C)C5CCCCO5)[C@@]4(C)CC[C@@H]32)CC1=O. The first kappa shape index (κ1) is 32.2. The van der Waals surface area contributed by atoms with Crippen molar-refractivity contribution in [2.24, 2.45) is 45.8 Å². The van der Waals surface area contributed by atoms with Crippen LogP contribution in [0.2, 0.25) is 0 Å². The fraction of sp³-hybridized carbons (Fsp3) is 0.806. The molecule has 1 heterocycles. The minimum atomic E-state index is -1.86. The fourth-order valence-electron chi connectivity index (χ4n) is 10.1. The molecule has 0 bridgehead atoms. The third-order valence-electron chi connectivity index (χ3n) is 12.4. The maximum Gasteiger partial charge on any atom is 0.317 e. The first-order valence-corrected chi connectivity index (χ1v) is 16.6. The Kier molecular flexibility index (Phi) is 8.72. The molecular formula is C36H52O7. The molecule has 4 aliphatic carbocycles. The number of fused-ring (bicyclic) bond motifs is 5. The van der Waals surface area contributed by atoms with Crippen LogP contribution in [0.5, 0.6) is 0 Å². The summed E-state index contributed by atoms with van der Waals surface area (Å²) in [5, 5.41) is 11.4. The number of rotatable bonds is 5. The van der Waals surface area contributed by atoms with E-state index in [0.717, 1.165) is 57.1 Å². The normalized spacial score (nSPS) is 38.2. The largest absolute Gasteiger partial charge is 0.415 e. The average Bonchev–Trinajstić information content (AvgIpc) is 3.29.